The van der Waals surface area contributed by atoms with Crippen LogP contribution in [0.3, 0.4) is 0 Å². The highest BCUT2D eigenvalue weighted by molar-refractivity contribution is 6.33. The van der Waals surface area contributed by atoms with Gasteiger partial charge < -0.3 is 15.7 Å². The molecule has 0 aromatic heterocycles. The van der Waals surface area contributed by atoms with E-state index < -0.39 is 12.0 Å². The predicted octanol–water partition coefficient (Wildman–Crippen LogP) is 2.76. The first kappa shape index (κ1) is 17.5. The number of aliphatic carboxylic acids is 1. The topological polar surface area (TPSA) is 78.4 Å². The number of para-hydroxylation sites is 1. The Hall–Kier alpha value is -1.59. The molecule has 3 N–H and O–H groups in total. The summed E-state index contributed by atoms with van der Waals surface area (Å²) in [5.74, 6) is -0.940. The average Bonchev–Trinajstić information content (AvgIpc) is 2.39. The number of carboxylic acid groups (broad SMARTS) is 1. The summed E-state index contributed by atoms with van der Waals surface area (Å²) < 4.78 is 0. The van der Waals surface area contributed by atoms with E-state index in [4.69, 9.17) is 16.7 Å². The van der Waals surface area contributed by atoms with Crippen molar-refractivity contribution in [3.63, 3.8) is 0 Å². The first-order valence-electron chi connectivity index (χ1n) is 6.90. The number of halogens is 1. The Kier molecular flexibility index (Phi) is 7.19. The highest BCUT2D eigenvalue weighted by atomic mass is 35.5. The summed E-state index contributed by atoms with van der Waals surface area (Å²) in [5.41, 5.74) is 0.482. The summed E-state index contributed by atoms with van der Waals surface area (Å²) >= 11 is 5.94. The molecule has 21 heavy (non-hydrogen) atoms. The fourth-order valence-corrected chi connectivity index (χ4v) is 1.93. The number of carbonyl (C=O) groups is 2. The van der Waals surface area contributed by atoms with E-state index in [1.165, 1.54) is 0 Å². The third-order valence-corrected chi connectivity index (χ3v) is 3.28. The van der Waals surface area contributed by atoms with Crippen molar-refractivity contribution in [3.8, 4) is 0 Å². The number of amides is 1. The third kappa shape index (κ3) is 6.60. The van der Waals surface area contributed by atoms with Gasteiger partial charge in [-0.2, -0.15) is 0 Å². The second-order valence-corrected chi connectivity index (χ2v) is 5.67. The van der Waals surface area contributed by atoms with Crippen LogP contribution in [0.1, 0.15) is 26.7 Å². The molecule has 1 amide bonds. The van der Waals surface area contributed by atoms with Gasteiger partial charge in [0.15, 0.2) is 0 Å². The van der Waals surface area contributed by atoms with E-state index in [0.29, 0.717) is 23.2 Å². The normalized spacial score (nSPS) is 12.2. The number of hydrogen-bond acceptors (Lipinski definition) is 3. The van der Waals surface area contributed by atoms with Gasteiger partial charge in [0.25, 0.3) is 0 Å². The molecule has 0 heterocycles. The molecule has 0 saturated carbocycles. The molecule has 1 atom stereocenters. The molecule has 1 aromatic rings. The average molecular weight is 313 g/mol. The van der Waals surface area contributed by atoms with Gasteiger partial charge in [0.1, 0.15) is 6.04 Å². The Morgan fingerprint density at radius 1 is 1.29 bits per heavy atom. The maximum Gasteiger partial charge on any atom is 0.321 e. The van der Waals surface area contributed by atoms with Crippen molar-refractivity contribution in [2.75, 3.05) is 11.9 Å². The predicted molar refractivity (Wildman–Crippen MR) is 83.6 cm³/mol. The van der Waals surface area contributed by atoms with Gasteiger partial charge in [-0.05, 0) is 31.0 Å². The Morgan fingerprint density at radius 3 is 2.52 bits per heavy atom. The van der Waals surface area contributed by atoms with E-state index in [1.807, 2.05) is 0 Å². The van der Waals surface area contributed by atoms with Crippen molar-refractivity contribution >= 4 is 29.2 Å². The zero-order valence-corrected chi connectivity index (χ0v) is 13.0. The van der Waals surface area contributed by atoms with Gasteiger partial charge >= 0.3 is 5.97 Å². The van der Waals surface area contributed by atoms with Crippen LogP contribution in [0.5, 0.6) is 0 Å². The highest BCUT2D eigenvalue weighted by Gasteiger charge is 2.21. The lowest BCUT2D eigenvalue weighted by Crippen LogP contribution is -2.40. The van der Waals surface area contributed by atoms with Gasteiger partial charge in [0.2, 0.25) is 5.91 Å². The molecule has 6 heteroatoms. The maximum atomic E-state index is 11.9. The molecule has 1 rings (SSSR count). The monoisotopic (exact) mass is 312 g/mol. The van der Waals surface area contributed by atoms with Crippen molar-refractivity contribution < 1.29 is 14.7 Å². The lowest BCUT2D eigenvalue weighted by atomic mass is 10.1. The zero-order valence-electron chi connectivity index (χ0n) is 12.2. The van der Waals surface area contributed by atoms with Gasteiger partial charge in [-0.15, -0.1) is 0 Å². The molecule has 5 nitrogen and oxygen atoms in total. The van der Waals surface area contributed by atoms with Crippen molar-refractivity contribution in [1.29, 1.82) is 0 Å². The Bertz CT molecular complexity index is 492. The molecule has 0 spiro atoms. The largest absolute Gasteiger partial charge is 0.480 e. The number of rotatable bonds is 8. The second-order valence-electron chi connectivity index (χ2n) is 5.26. The van der Waals surface area contributed by atoms with Crippen molar-refractivity contribution in [3.05, 3.63) is 29.3 Å². The van der Waals surface area contributed by atoms with Crippen LogP contribution in [-0.2, 0) is 9.59 Å². The lowest BCUT2D eigenvalue weighted by molar-refractivity contribution is -0.141. The molecule has 0 aliphatic heterocycles. The fourth-order valence-electron chi connectivity index (χ4n) is 1.74. The van der Waals surface area contributed by atoms with Gasteiger partial charge in [0.05, 0.1) is 17.1 Å². The lowest BCUT2D eigenvalue weighted by Gasteiger charge is -2.15. The maximum absolute atomic E-state index is 11.9. The molecule has 0 aliphatic carbocycles. The Balaban J connectivity index is 2.53. The highest BCUT2D eigenvalue weighted by Crippen LogP contribution is 2.20. The quantitative estimate of drug-likeness (QED) is 0.689. The minimum atomic E-state index is -1.03. The van der Waals surface area contributed by atoms with E-state index in [9.17, 15) is 9.59 Å². The van der Waals surface area contributed by atoms with Crippen LogP contribution in [0, 0.1) is 5.92 Å². The van der Waals surface area contributed by atoms with E-state index in [-0.39, 0.29) is 12.3 Å². The molecule has 0 radical (unpaired) electrons. The summed E-state index contributed by atoms with van der Waals surface area (Å²) in [4.78, 5) is 23.1. The number of anilines is 1. The smallest absolute Gasteiger partial charge is 0.321 e. The van der Waals surface area contributed by atoms with Crippen LogP contribution in [0.4, 0.5) is 5.69 Å². The number of benzene rings is 1. The van der Waals surface area contributed by atoms with Crippen molar-refractivity contribution in [2.24, 2.45) is 5.92 Å². The Morgan fingerprint density at radius 2 is 1.95 bits per heavy atom. The molecule has 0 fully saturated rings. The van der Waals surface area contributed by atoms with E-state index in [0.717, 1.165) is 6.42 Å². The number of nitrogens with one attached hydrogen (secondary N) is 2. The number of carbonyl (C=O) groups excluding carboxylic acids is 1. The molecule has 0 aliphatic rings. The summed E-state index contributed by atoms with van der Waals surface area (Å²) in [6.45, 7) is 4.68. The van der Waals surface area contributed by atoms with Gasteiger partial charge in [0, 0.05) is 0 Å². The van der Waals surface area contributed by atoms with Gasteiger partial charge in [-0.1, -0.05) is 37.6 Å². The summed E-state index contributed by atoms with van der Waals surface area (Å²) in [6.07, 6.45) is 0.717. The van der Waals surface area contributed by atoms with E-state index >= 15 is 0 Å². The molecule has 116 valence electrons. The molecule has 0 unspecified atom stereocenters. The molecule has 0 saturated heterocycles. The molecular weight excluding hydrogens is 292 g/mol. The van der Waals surface area contributed by atoms with E-state index in [2.05, 4.69) is 24.5 Å². The Labute approximate surface area is 129 Å². The standard InChI is InChI=1S/C15H21ClN2O3/c1-10(2)7-8-17-13(15(20)21)9-14(19)18-12-6-4-3-5-11(12)16/h3-6,10,13,17H,7-9H2,1-2H3,(H,18,19)(H,20,21)/t13-/m1/s1. The fraction of sp³-hybridized carbons (Fsp3) is 0.467. The third-order valence-electron chi connectivity index (χ3n) is 2.95. The van der Waals surface area contributed by atoms with Gasteiger partial charge in [-0.25, -0.2) is 0 Å². The minimum Gasteiger partial charge on any atom is -0.480 e. The van der Waals surface area contributed by atoms with Crippen LogP contribution in [0.15, 0.2) is 24.3 Å². The van der Waals surface area contributed by atoms with E-state index in [1.54, 1.807) is 24.3 Å². The molecule has 0 bridgehead atoms. The summed E-state index contributed by atoms with van der Waals surface area (Å²) in [6, 6.07) is 5.93. The van der Waals surface area contributed by atoms with Crippen molar-refractivity contribution in [2.45, 2.75) is 32.7 Å². The van der Waals surface area contributed by atoms with Crippen LogP contribution in [0.25, 0.3) is 0 Å². The van der Waals surface area contributed by atoms with Crippen LogP contribution in [-0.4, -0.2) is 29.6 Å². The van der Waals surface area contributed by atoms with Crippen LogP contribution >= 0.6 is 11.6 Å². The molecule has 1 aromatic carbocycles. The minimum absolute atomic E-state index is 0.140. The first-order chi connectivity index (χ1) is 9.90. The number of hydrogen-bond donors (Lipinski definition) is 3. The summed E-state index contributed by atoms with van der Waals surface area (Å²) in [5, 5.41) is 15.1. The van der Waals surface area contributed by atoms with Gasteiger partial charge in [-0.3, -0.25) is 9.59 Å². The van der Waals surface area contributed by atoms with Crippen LogP contribution < -0.4 is 10.6 Å². The first-order valence-corrected chi connectivity index (χ1v) is 7.28. The SMILES string of the molecule is CC(C)CCN[C@H](CC(=O)Nc1ccccc1Cl)C(=O)O. The molecular formula is C15H21ClN2O3. The van der Waals surface area contributed by atoms with Crippen LogP contribution in [0.2, 0.25) is 5.02 Å². The summed E-state index contributed by atoms with van der Waals surface area (Å²) in [7, 11) is 0. The second kappa shape index (κ2) is 8.64. The number of carboxylic acids is 1. The van der Waals surface area contributed by atoms with Crippen molar-refractivity contribution in [1.82, 2.24) is 5.32 Å². The zero-order chi connectivity index (χ0) is 15.8.